The van der Waals surface area contributed by atoms with Gasteiger partial charge in [-0.1, -0.05) is 24.3 Å². The van der Waals surface area contributed by atoms with E-state index in [2.05, 4.69) is 4.98 Å². The van der Waals surface area contributed by atoms with E-state index in [1.54, 1.807) is 4.90 Å². The number of carbonyl (C=O) groups excluding carboxylic acids is 1. The van der Waals surface area contributed by atoms with Crippen molar-refractivity contribution in [3.8, 4) is 0 Å². The molecule has 3 rings (SSSR count). The van der Waals surface area contributed by atoms with E-state index in [4.69, 9.17) is 0 Å². The van der Waals surface area contributed by atoms with Crippen LogP contribution in [0.15, 0.2) is 36.5 Å². The van der Waals surface area contributed by atoms with Crippen molar-refractivity contribution in [2.24, 2.45) is 0 Å². The Morgan fingerprint density at radius 3 is 2.75 bits per heavy atom. The summed E-state index contributed by atoms with van der Waals surface area (Å²) in [6.07, 6.45) is 3.41. The molecule has 2 heterocycles. The molecule has 16 heavy (non-hydrogen) atoms. The van der Waals surface area contributed by atoms with E-state index in [9.17, 15) is 4.79 Å². The molecule has 1 aliphatic rings. The molecule has 0 unspecified atom stereocenters. The highest BCUT2D eigenvalue weighted by Gasteiger charge is 2.22. The second-order valence-corrected chi connectivity index (χ2v) is 4.04. The third kappa shape index (κ3) is 1.45. The Hall–Kier alpha value is -1.90. The topological polar surface area (TPSA) is 33.2 Å². The fourth-order valence-corrected chi connectivity index (χ4v) is 2.11. The minimum absolute atomic E-state index is 0.183. The second-order valence-electron chi connectivity index (χ2n) is 4.04. The third-order valence-electron chi connectivity index (χ3n) is 2.97. The highest BCUT2D eigenvalue weighted by molar-refractivity contribution is 5.96. The first-order valence-corrected chi connectivity index (χ1v) is 5.50. The van der Waals surface area contributed by atoms with Crippen molar-refractivity contribution in [3.63, 3.8) is 0 Å². The van der Waals surface area contributed by atoms with E-state index in [-0.39, 0.29) is 5.91 Å². The molecule has 3 heteroatoms. The number of benzene rings is 1. The largest absolute Gasteiger partial charge is 0.297 e. The predicted octanol–water partition coefficient (Wildman–Crippen LogP) is 2.36. The minimum Gasteiger partial charge on any atom is -0.297 e. The fourth-order valence-electron chi connectivity index (χ4n) is 2.11. The summed E-state index contributed by atoms with van der Waals surface area (Å²) in [5.41, 5.74) is 0. The Balaban J connectivity index is 2.08. The molecule has 2 aromatic rings. The van der Waals surface area contributed by atoms with Crippen LogP contribution in [0.1, 0.15) is 12.8 Å². The van der Waals surface area contributed by atoms with Crippen LogP contribution in [0.3, 0.4) is 0 Å². The Labute approximate surface area is 93.7 Å². The Morgan fingerprint density at radius 2 is 2.00 bits per heavy atom. The van der Waals surface area contributed by atoms with Gasteiger partial charge in [-0.05, 0) is 17.9 Å². The van der Waals surface area contributed by atoms with Crippen LogP contribution in [0.25, 0.3) is 10.8 Å². The predicted molar refractivity (Wildman–Crippen MR) is 63.3 cm³/mol. The summed E-state index contributed by atoms with van der Waals surface area (Å²) in [4.78, 5) is 17.7. The van der Waals surface area contributed by atoms with E-state index in [0.29, 0.717) is 6.42 Å². The van der Waals surface area contributed by atoms with Gasteiger partial charge in [-0.15, -0.1) is 0 Å². The van der Waals surface area contributed by atoms with Gasteiger partial charge in [0.2, 0.25) is 5.91 Å². The highest BCUT2D eigenvalue weighted by Crippen LogP contribution is 2.22. The first-order valence-electron chi connectivity index (χ1n) is 5.50. The quantitative estimate of drug-likeness (QED) is 0.727. The van der Waals surface area contributed by atoms with Crippen LogP contribution in [0.5, 0.6) is 0 Å². The number of nitrogens with zero attached hydrogens (tertiary/aromatic N) is 2. The number of hydrogen-bond acceptors (Lipinski definition) is 2. The molecule has 0 bridgehead atoms. The SMILES string of the molecule is O=C1CCCN1c1cc2ccccc2cn1. The average Bonchev–Trinajstić information content (AvgIpc) is 2.75. The Morgan fingerprint density at radius 1 is 1.19 bits per heavy atom. The number of hydrogen-bond donors (Lipinski definition) is 0. The smallest absolute Gasteiger partial charge is 0.228 e. The summed E-state index contributed by atoms with van der Waals surface area (Å²) in [5, 5.41) is 2.24. The van der Waals surface area contributed by atoms with Crippen LogP contribution in [0.2, 0.25) is 0 Å². The van der Waals surface area contributed by atoms with Crippen molar-refractivity contribution in [1.82, 2.24) is 4.98 Å². The van der Waals surface area contributed by atoms with Crippen LogP contribution in [0, 0.1) is 0 Å². The number of carbonyl (C=O) groups is 1. The van der Waals surface area contributed by atoms with E-state index in [0.717, 1.165) is 29.6 Å². The normalized spacial score (nSPS) is 16.0. The number of fused-ring (bicyclic) bond motifs is 1. The highest BCUT2D eigenvalue weighted by atomic mass is 16.2. The number of aromatic nitrogens is 1. The number of rotatable bonds is 1. The first-order chi connectivity index (χ1) is 7.84. The van der Waals surface area contributed by atoms with Gasteiger partial charge in [0.15, 0.2) is 0 Å². The molecule has 1 aliphatic heterocycles. The third-order valence-corrected chi connectivity index (χ3v) is 2.97. The summed E-state index contributed by atoms with van der Waals surface area (Å²) in [6.45, 7) is 0.796. The number of pyridine rings is 1. The van der Waals surface area contributed by atoms with E-state index in [1.807, 2.05) is 36.5 Å². The maximum atomic E-state index is 11.6. The van der Waals surface area contributed by atoms with Gasteiger partial charge in [0.05, 0.1) is 0 Å². The molecular formula is C13H12N2O. The molecule has 0 aliphatic carbocycles. The lowest BCUT2D eigenvalue weighted by molar-refractivity contribution is -0.117. The molecular weight excluding hydrogens is 200 g/mol. The summed E-state index contributed by atoms with van der Waals surface area (Å²) < 4.78 is 0. The van der Waals surface area contributed by atoms with Crippen LogP contribution >= 0.6 is 0 Å². The summed E-state index contributed by atoms with van der Waals surface area (Å²) in [5.74, 6) is 0.962. The monoisotopic (exact) mass is 212 g/mol. The summed E-state index contributed by atoms with van der Waals surface area (Å²) in [6, 6.07) is 10.0. The van der Waals surface area contributed by atoms with Gasteiger partial charge in [-0.25, -0.2) is 4.98 Å². The van der Waals surface area contributed by atoms with Crippen LogP contribution in [-0.2, 0) is 4.79 Å². The lowest BCUT2D eigenvalue weighted by Gasteiger charge is -2.14. The molecule has 0 saturated carbocycles. The second kappa shape index (κ2) is 3.59. The molecule has 80 valence electrons. The lowest BCUT2D eigenvalue weighted by Crippen LogP contribution is -2.24. The Kier molecular flexibility index (Phi) is 2.10. The number of amides is 1. The molecule has 0 N–H and O–H groups in total. The molecule has 0 radical (unpaired) electrons. The van der Waals surface area contributed by atoms with Crippen molar-refractivity contribution < 1.29 is 4.79 Å². The van der Waals surface area contributed by atoms with Crippen molar-refractivity contribution in [1.29, 1.82) is 0 Å². The van der Waals surface area contributed by atoms with Gasteiger partial charge in [0, 0.05) is 24.5 Å². The zero-order valence-corrected chi connectivity index (χ0v) is 8.89. The molecule has 1 amide bonds. The van der Waals surface area contributed by atoms with Gasteiger partial charge in [0.25, 0.3) is 0 Å². The maximum Gasteiger partial charge on any atom is 0.228 e. The average molecular weight is 212 g/mol. The van der Waals surface area contributed by atoms with Crippen molar-refractivity contribution in [2.45, 2.75) is 12.8 Å². The van der Waals surface area contributed by atoms with Gasteiger partial charge in [-0.2, -0.15) is 0 Å². The van der Waals surface area contributed by atoms with Crippen molar-refractivity contribution in [2.75, 3.05) is 11.4 Å². The summed E-state index contributed by atoms with van der Waals surface area (Å²) >= 11 is 0. The van der Waals surface area contributed by atoms with Crippen molar-refractivity contribution in [3.05, 3.63) is 36.5 Å². The van der Waals surface area contributed by atoms with Crippen molar-refractivity contribution >= 4 is 22.5 Å². The lowest BCUT2D eigenvalue weighted by atomic mass is 10.2. The van der Waals surface area contributed by atoms with Gasteiger partial charge >= 0.3 is 0 Å². The van der Waals surface area contributed by atoms with E-state index < -0.39 is 0 Å². The number of anilines is 1. The first kappa shape index (κ1) is 9.33. The molecule has 1 fully saturated rings. The molecule has 1 aromatic carbocycles. The summed E-state index contributed by atoms with van der Waals surface area (Å²) in [7, 11) is 0. The standard InChI is InChI=1S/C13H12N2O/c16-13-6-3-7-15(13)12-8-10-4-1-2-5-11(10)9-14-12/h1-2,4-5,8-9H,3,6-7H2. The van der Waals surface area contributed by atoms with Crippen LogP contribution in [-0.4, -0.2) is 17.4 Å². The zero-order chi connectivity index (χ0) is 11.0. The molecule has 1 saturated heterocycles. The van der Waals surface area contributed by atoms with Gasteiger partial charge in [0.1, 0.15) is 5.82 Å². The maximum absolute atomic E-state index is 11.6. The molecule has 0 atom stereocenters. The van der Waals surface area contributed by atoms with E-state index in [1.165, 1.54) is 0 Å². The van der Waals surface area contributed by atoms with Gasteiger partial charge < -0.3 is 0 Å². The zero-order valence-electron chi connectivity index (χ0n) is 8.89. The van der Waals surface area contributed by atoms with E-state index >= 15 is 0 Å². The Bertz CT molecular complexity index is 550. The minimum atomic E-state index is 0.183. The molecule has 0 spiro atoms. The molecule has 1 aromatic heterocycles. The van der Waals surface area contributed by atoms with Crippen LogP contribution < -0.4 is 4.90 Å². The van der Waals surface area contributed by atoms with Gasteiger partial charge in [-0.3, -0.25) is 9.69 Å². The molecule has 3 nitrogen and oxygen atoms in total. The fraction of sp³-hybridized carbons (Fsp3) is 0.231. The van der Waals surface area contributed by atoms with Crippen LogP contribution in [0.4, 0.5) is 5.82 Å².